The zero-order valence-corrected chi connectivity index (χ0v) is 11.8. The summed E-state index contributed by atoms with van der Waals surface area (Å²) in [4.78, 5) is 19.8. The van der Waals surface area contributed by atoms with Gasteiger partial charge in [-0.05, 0) is 24.1 Å². The Balaban J connectivity index is 1.90. The summed E-state index contributed by atoms with van der Waals surface area (Å²) in [6, 6.07) is 6.21. The Bertz CT molecular complexity index is 584. The molecule has 0 spiro atoms. The molecule has 2 aromatic rings. The lowest BCUT2D eigenvalue weighted by molar-refractivity contribution is 0.0948. The molecule has 0 saturated heterocycles. The van der Waals surface area contributed by atoms with Crippen molar-refractivity contribution in [2.45, 2.75) is 19.9 Å². The lowest BCUT2D eigenvalue weighted by atomic mass is 10.2. The number of carbonyl (C=O) groups excluding carboxylic acids is 1. The number of nitrogens with zero attached hydrogens (tertiary/aromatic N) is 2. The van der Waals surface area contributed by atoms with Crippen LogP contribution in [0.1, 0.15) is 29.4 Å². The van der Waals surface area contributed by atoms with Gasteiger partial charge in [-0.2, -0.15) is 0 Å². The number of halogens is 1. The smallest absolute Gasteiger partial charge is 0.271 e. The molecule has 6 heteroatoms. The van der Waals surface area contributed by atoms with Crippen LogP contribution in [0.25, 0.3) is 0 Å². The van der Waals surface area contributed by atoms with E-state index in [2.05, 4.69) is 20.6 Å². The Morgan fingerprint density at radius 2 is 1.95 bits per heavy atom. The number of carbonyl (C=O) groups is 1. The molecule has 0 atom stereocenters. The quantitative estimate of drug-likeness (QED) is 0.856. The summed E-state index contributed by atoms with van der Waals surface area (Å²) in [7, 11) is 0. The number of anilines is 1. The second-order valence-corrected chi connectivity index (χ2v) is 4.52. The van der Waals surface area contributed by atoms with Crippen LogP contribution >= 0.6 is 0 Å². The molecule has 0 aliphatic heterocycles. The molecule has 1 heterocycles. The molecule has 1 aromatic heterocycles. The molecule has 5 nitrogen and oxygen atoms in total. The third-order valence-electron chi connectivity index (χ3n) is 2.81. The van der Waals surface area contributed by atoms with Gasteiger partial charge in [0.1, 0.15) is 17.3 Å². The van der Waals surface area contributed by atoms with Gasteiger partial charge in [0.05, 0.1) is 12.4 Å². The lowest BCUT2D eigenvalue weighted by Crippen LogP contribution is -2.25. The average molecular weight is 288 g/mol. The number of benzene rings is 1. The summed E-state index contributed by atoms with van der Waals surface area (Å²) in [5.41, 5.74) is 1.22. The highest BCUT2D eigenvalue weighted by Gasteiger charge is 2.06. The topological polar surface area (TPSA) is 66.9 Å². The molecule has 2 N–H and O–H groups in total. The van der Waals surface area contributed by atoms with Crippen LogP contribution in [0.3, 0.4) is 0 Å². The molecular formula is C15H17FN4O. The first-order valence-corrected chi connectivity index (χ1v) is 6.77. The summed E-state index contributed by atoms with van der Waals surface area (Å²) < 4.78 is 12.8. The average Bonchev–Trinajstić information content (AvgIpc) is 2.52. The minimum Gasteiger partial charge on any atom is -0.365 e. The first-order valence-electron chi connectivity index (χ1n) is 6.77. The van der Waals surface area contributed by atoms with E-state index in [9.17, 15) is 9.18 Å². The van der Waals surface area contributed by atoms with Gasteiger partial charge in [-0.25, -0.2) is 14.4 Å². The van der Waals surface area contributed by atoms with Gasteiger partial charge in [0.25, 0.3) is 5.91 Å². The van der Waals surface area contributed by atoms with Gasteiger partial charge in [0.15, 0.2) is 0 Å². The van der Waals surface area contributed by atoms with E-state index in [4.69, 9.17) is 0 Å². The number of aromatic nitrogens is 2. The predicted octanol–water partition coefficient (Wildman–Crippen LogP) is 2.37. The van der Waals surface area contributed by atoms with Crippen LogP contribution in [0.2, 0.25) is 0 Å². The van der Waals surface area contributed by atoms with Gasteiger partial charge in [0, 0.05) is 13.1 Å². The van der Waals surface area contributed by atoms with E-state index in [-0.39, 0.29) is 17.4 Å². The summed E-state index contributed by atoms with van der Waals surface area (Å²) in [5, 5.41) is 5.80. The maximum atomic E-state index is 12.8. The molecule has 0 saturated carbocycles. The van der Waals surface area contributed by atoms with Crippen molar-refractivity contribution in [1.82, 2.24) is 15.3 Å². The fraction of sp³-hybridized carbons (Fsp3) is 0.267. The minimum absolute atomic E-state index is 0.227. The summed E-state index contributed by atoms with van der Waals surface area (Å²) in [6.07, 6.45) is 3.80. The third-order valence-corrected chi connectivity index (χ3v) is 2.81. The Labute approximate surface area is 122 Å². The van der Waals surface area contributed by atoms with E-state index in [0.717, 1.165) is 12.0 Å². The van der Waals surface area contributed by atoms with Crippen LogP contribution in [0.4, 0.5) is 10.2 Å². The van der Waals surface area contributed by atoms with E-state index in [1.54, 1.807) is 12.1 Å². The fourth-order valence-corrected chi connectivity index (χ4v) is 1.66. The molecule has 0 aliphatic rings. The highest BCUT2D eigenvalue weighted by atomic mass is 19.1. The zero-order chi connectivity index (χ0) is 15.1. The van der Waals surface area contributed by atoms with E-state index in [1.807, 2.05) is 6.92 Å². The molecule has 2 rings (SSSR count). The number of nitrogens with one attached hydrogen (secondary N) is 2. The van der Waals surface area contributed by atoms with Crippen LogP contribution in [0.15, 0.2) is 36.7 Å². The van der Waals surface area contributed by atoms with Crippen molar-refractivity contribution in [3.63, 3.8) is 0 Å². The molecule has 0 fully saturated rings. The van der Waals surface area contributed by atoms with Crippen LogP contribution in [0.5, 0.6) is 0 Å². The zero-order valence-electron chi connectivity index (χ0n) is 11.8. The van der Waals surface area contributed by atoms with Crippen molar-refractivity contribution in [2.75, 3.05) is 11.9 Å². The molecule has 110 valence electrons. The van der Waals surface area contributed by atoms with E-state index >= 15 is 0 Å². The van der Waals surface area contributed by atoms with Crippen molar-refractivity contribution in [1.29, 1.82) is 0 Å². The normalized spacial score (nSPS) is 10.2. The van der Waals surface area contributed by atoms with Crippen LogP contribution in [-0.4, -0.2) is 22.4 Å². The van der Waals surface area contributed by atoms with Crippen molar-refractivity contribution in [3.8, 4) is 0 Å². The summed E-state index contributed by atoms with van der Waals surface area (Å²) in [6.45, 7) is 3.11. The van der Waals surface area contributed by atoms with E-state index in [1.165, 1.54) is 24.5 Å². The third kappa shape index (κ3) is 4.52. The molecule has 0 aliphatic carbocycles. The first-order chi connectivity index (χ1) is 10.2. The minimum atomic E-state index is -0.263. The standard InChI is InChI=1S/C15H17FN4O/c1-2-7-17-15(21)13-9-20-14(10-18-13)19-8-11-3-5-12(16)6-4-11/h3-6,9-10H,2,7-8H2,1H3,(H,17,21)(H,19,20). The molecule has 1 aromatic carbocycles. The van der Waals surface area contributed by atoms with Gasteiger partial charge in [-0.15, -0.1) is 0 Å². The second kappa shape index (κ2) is 7.33. The van der Waals surface area contributed by atoms with Crippen molar-refractivity contribution in [2.24, 2.45) is 0 Å². The predicted molar refractivity (Wildman–Crippen MR) is 78.4 cm³/mol. The molecule has 21 heavy (non-hydrogen) atoms. The van der Waals surface area contributed by atoms with Gasteiger partial charge < -0.3 is 10.6 Å². The van der Waals surface area contributed by atoms with Crippen molar-refractivity contribution >= 4 is 11.7 Å². The maximum Gasteiger partial charge on any atom is 0.271 e. The first kappa shape index (κ1) is 14.9. The molecule has 1 amide bonds. The fourth-order valence-electron chi connectivity index (χ4n) is 1.66. The molecule has 0 unspecified atom stereocenters. The highest BCUT2D eigenvalue weighted by Crippen LogP contribution is 2.07. The molecule has 0 bridgehead atoms. The monoisotopic (exact) mass is 288 g/mol. The van der Waals surface area contributed by atoms with Gasteiger partial charge >= 0.3 is 0 Å². The summed E-state index contributed by atoms with van der Waals surface area (Å²) >= 11 is 0. The summed E-state index contributed by atoms with van der Waals surface area (Å²) in [5.74, 6) is 0.0711. The van der Waals surface area contributed by atoms with Gasteiger partial charge in [-0.1, -0.05) is 19.1 Å². The number of amides is 1. The Morgan fingerprint density at radius 1 is 1.19 bits per heavy atom. The van der Waals surface area contributed by atoms with Crippen LogP contribution in [-0.2, 0) is 6.54 Å². The Kier molecular flexibility index (Phi) is 5.20. The molecular weight excluding hydrogens is 271 g/mol. The van der Waals surface area contributed by atoms with Gasteiger partial charge in [0.2, 0.25) is 0 Å². The van der Waals surface area contributed by atoms with Crippen molar-refractivity contribution in [3.05, 3.63) is 53.7 Å². The largest absolute Gasteiger partial charge is 0.365 e. The Morgan fingerprint density at radius 3 is 2.57 bits per heavy atom. The van der Waals surface area contributed by atoms with E-state index in [0.29, 0.717) is 18.9 Å². The Hall–Kier alpha value is -2.50. The molecule has 0 radical (unpaired) electrons. The second-order valence-electron chi connectivity index (χ2n) is 4.52. The highest BCUT2D eigenvalue weighted by molar-refractivity contribution is 5.91. The van der Waals surface area contributed by atoms with E-state index < -0.39 is 0 Å². The van der Waals surface area contributed by atoms with Crippen LogP contribution in [0, 0.1) is 5.82 Å². The SMILES string of the molecule is CCCNC(=O)c1cnc(NCc2ccc(F)cc2)cn1. The van der Waals surface area contributed by atoms with Gasteiger partial charge in [-0.3, -0.25) is 4.79 Å². The van der Waals surface area contributed by atoms with Crippen LogP contribution < -0.4 is 10.6 Å². The lowest BCUT2D eigenvalue weighted by Gasteiger charge is -2.06. The van der Waals surface area contributed by atoms with Crippen molar-refractivity contribution < 1.29 is 9.18 Å². The number of rotatable bonds is 6. The number of hydrogen-bond acceptors (Lipinski definition) is 4. The maximum absolute atomic E-state index is 12.8. The number of hydrogen-bond donors (Lipinski definition) is 2.